The molecule has 0 bridgehead atoms. The second kappa shape index (κ2) is 11.8. The number of fused-ring (bicyclic) bond motifs is 1. The highest BCUT2D eigenvalue weighted by atomic mass is 19.4. The van der Waals surface area contributed by atoms with E-state index in [-0.39, 0.29) is 13.2 Å². The number of esters is 1. The van der Waals surface area contributed by atoms with Crippen LogP contribution in [0.2, 0.25) is 0 Å². The number of rotatable bonds is 10. The van der Waals surface area contributed by atoms with E-state index in [4.69, 9.17) is 14.2 Å². The van der Waals surface area contributed by atoms with Crippen molar-refractivity contribution in [2.24, 2.45) is 0 Å². The molecule has 0 unspecified atom stereocenters. The summed E-state index contributed by atoms with van der Waals surface area (Å²) in [6, 6.07) is 28.9. The van der Waals surface area contributed by atoms with Crippen LogP contribution in [0.5, 0.6) is 5.75 Å². The number of nitrogens with zero attached hydrogens (tertiary/aromatic N) is 3. The Labute approximate surface area is 234 Å². The Balaban J connectivity index is 1.45. The summed E-state index contributed by atoms with van der Waals surface area (Å²) in [6.07, 6.45) is -4.68. The lowest BCUT2D eigenvalue weighted by Crippen LogP contribution is -2.53. The lowest BCUT2D eigenvalue weighted by atomic mass is 9.92. The predicted octanol–water partition coefficient (Wildman–Crippen LogP) is 6.19. The fraction of sp³-hybridized carbons (Fsp3) is 0.194. The minimum atomic E-state index is -5.12. The van der Waals surface area contributed by atoms with Gasteiger partial charge in [-0.05, 0) is 11.5 Å². The third-order valence-corrected chi connectivity index (χ3v) is 6.62. The second-order valence-corrected chi connectivity index (χ2v) is 9.26. The van der Waals surface area contributed by atoms with Crippen LogP contribution < -0.4 is 4.74 Å². The van der Waals surface area contributed by atoms with Gasteiger partial charge in [-0.1, -0.05) is 102 Å². The Morgan fingerprint density at radius 1 is 0.878 bits per heavy atom. The number of ether oxygens (including phenoxy) is 3. The van der Waals surface area contributed by atoms with Crippen molar-refractivity contribution < 1.29 is 32.2 Å². The van der Waals surface area contributed by atoms with Crippen molar-refractivity contribution in [2.45, 2.75) is 24.4 Å². The van der Waals surface area contributed by atoms with Crippen LogP contribution in [0.4, 0.5) is 13.2 Å². The van der Waals surface area contributed by atoms with E-state index in [1.807, 2.05) is 60.7 Å². The van der Waals surface area contributed by atoms with Crippen molar-refractivity contribution in [3.05, 3.63) is 115 Å². The first-order valence-electron chi connectivity index (χ1n) is 12.8. The summed E-state index contributed by atoms with van der Waals surface area (Å²) in [7, 11) is 0.826. The van der Waals surface area contributed by atoms with Gasteiger partial charge in [0.1, 0.15) is 18.1 Å². The molecule has 1 heterocycles. The maximum absolute atomic E-state index is 14.5. The fourth-order valence-electron chi connectivity index (χ4n) is 4.59. The van der Waals surface area contributed by atoms with Gasteiger partial charge >= 0.3 is 12.1 Å². The third kappa shape index (κ3) is 5.78. The van der Waals surface area contributed by atoms with E-state index in [1.54, 1.807) is 24.4 Å². The van der Waals surface area contributed by atoms with Gasteiger partial charge in [0.05, 0.1) is 12.7 Å². The molecule has 5 aromatic rings. The highest BCUT2D eigenvalue weighted by Crippen LogP contribution is 2.43. The summed E-state index contributed by atoms with van der Waals surface area (Å²) >= 11 is 0. The van der Waals surface area contributed by atoms with E-state index in [0.29, 0.717) is 11.4 Å². The molecule has 10 heteroatoms. The standard InChI is InChI=1S/C31H26F3N3O4/c1-39-30(31(32,33)34,24-15-6-3-7-16-24)29(38)41-25(19-37-20-27(35-36-37)23-12-4-2-5-13-23)21-40-28-18-10-14-22-11-8-9-17-26(22)28/h2-18,20,25H,19,21H2,1H3/t25-,30+/m0/s1. The van der Waals surface area contributed by atoms with Crippen molar-refractivity contribution in [1.29, 1.82) is 0 Å². The average Bonchev–Trinajstić information content (AvgIpc) is 3.45. The molecule has 5 rings (SSSR count). The quantitative estimate of drug-likeness (QED) is 0.189. The molecular weight excluding hydrogens is 535 g/mol. The van der Waals surface area contributed by atoms with Crippen LogP contribution in [0.1, 0.15) is 5.56 Å². The first kappa shape index (κ1) is 27.9. The SMILES string of the molecule is CO[C@@](C(=O)O[C@H](COc1cccc2ccccc12)Cn1cc(-c2ccccc2)nn1)(c1ccccc1)C(F)(F)F. The molecule has 210 valence electrons. The number of carbonyl (C=O) groups excluding carboxylic acids is 1. The van der Waals surface area contributed by atoms with Crippen LogP contribution >= 0.6 is 0 Å². The molecule has 0 spiro atoms. The van der Waals surface area contributed by atoms with Crippen molar-refractivity contribution in [2.75, 3.05) is 13.7 Å². The molecular formula is C31H26F3N3O4. The van der Waals surface area contributed by atoms with Crippen LogP contribution in [-0.2, 0) is 26.4 Å². The normalized spacial score (nSPS) is 13.9. The zero-order chi connectivity index (χ0) is 28.9. The summed E-state index contributed by atoms with van der Waals surface area (Å²) in [5.74, 6) is -1.13. The summed E-state index contributed by atoms with van der Waals surface area (Å²) in [4.78, 5) is 13.4. The molecule has 0 aliphatic rings. The molecule has 0 fully saturated rings. The Morgan fingerprint density at radius 2 is 1.54 bits per heavy atom. The molecule has 0 saturated heterocycles. The number of methoxy groups -OCH3 is 1. The zero-order valence-electron chi connectivity index (χ0n) is 22.0. The Hall–Kier alpha value is -4.70. The Morgan fingerprint density at radius 3 is 2.24 bits per heavy atom. The van der Waals surface area contributed by atoms with E-state index >= 15 is 0 Å². The number of hydrogen-bond donors (Lipinski definition) is 0. The molecule has 0 saturated carbocycles. The number of alkyl halides is 3. The molecule has 7 nitrogen and oxygen atoms in total. The lowest BCUT2D eigenvalue weighted by Gasteiger charge is -2.33. The number of carbonyl (C=O) groups is 1. The van der Waals surface area contributed by atoms with E-state index in [0.717, 1.165) is 23.4 Å². The van der Waals surface area contributed by atoms with Crippen molar-refractivity contribution in [3.63, 3.8) is 0 Å². The summed E-state index contributed by atoms with van der Waals surface area (Å²) in [5, 5.41) is 9.98. The molecule has 0 aliphatic heterocycles. The third-order valence-electron chi connectivity index (χ3n) is 6.62. The Kier molecular flexibility index (Phi) is 8.02. The Bertz CT molecular complexity index is 1600. The van der Waals surface area contributed by atoms with Crippen LogP contribution in [0.25, 0.3) is 22.0 Å². The van der Waals surface area contributed by atoms with Gasteiger partial charge in [-0.25, -0.2) is 9.48 Å². The van der Waals surface area contributed by atoms with E-state index in [1.165, 1.54) is 28.9 Å². The fourth-order valence-corrected chi connectivity index (χ4v) is 4.59. The predicted molar refractivity (Wildman–Crippen MR) is 146 cm³/mol. The molecule has 4 aromatic carbocycles. The first-order chi connectivity index (χ1) is 19.8. The van der Waals surface area contributed by atoms with E-state index < -0.39 is 29.4 Å². The molecule has 1 aromatic heterocycles. The highest BCUT2D eigenvalue weighted by Gasteiger charge is 2.64. The largest absolute Gasteiger partial charge is 0.489 e. The second-order valence-electron chi connectivity index (χ2n) is 9.26. The minimum Gasteiger partial charge on any atom is -0.489 e. The van der Waals surface area contributed by atoms with Crippen molar-refractivity contribution >= 4 is 16.7 Å². The highest BCUT2D eigenvalue weighted by molar-refractivity contribution is 5.88. The molecule has 0 radical (unpaired) electrons. The van der Waals surface area contributed by atoms with Gasteiger partial charge in [0.15, 0.2) is 6.10 Å². The van der Waals surface area contributed by atoms with Gasteiger partial charge in [-0.3, -0.25) is 0 Å². The van der Waals surface area contributed by atoms with Crippen LogP contribution in [0, 0.1) is 0 Å². The maximum atomic E-state index is 14.5. The molecule has 41 heavy (non-hydrogen) atoms. The number of aromatic nitrogens is 3. The van der Waals surface area contributed by atoms with E-state index in [9.17, 15) is 18.0 Å². The van der Waals surface area contributed by atoms with Crippen molar-refractivity contribution in [3.8, 4) is 17.0 Å². The molecule has 2 atom stereocenters. The number of benzene rings is 4. The molecule has 0 aliphatic carbocycles. The monoisotopic (exact) mass is 561 g/mol. The number of hydrogen-bond acceptors (Lipinski definition) is 6. The van der Waals surface area contributed by atoms with Gasteiger partial charge < -0.3 is 14.2 Å². The van der Waals surface area contributed by atoms with Crippen LogP contribution in [-0.4, -0.2) is 47.0 Å². The zero-order valence-corrected chi connectivity index (χ0v) is 22.0. The summed E-state index contributed by atoms with van der Waals surface area (Å²) in [6.45, 7) is -0.379. The minimum absolute atomic E-state index is 0.122. The van der Waals surface area contributed by atoms with Gasteiger partial charge in [0, 0.05) is 23.6 Å². The molecule has 0 N–H and O–H groups in total. The number of halogens is 3. The van der Waals surface area contributed by atoms with Gasteiger partial charge in [0.2, 0.25) is 0 Å². The van der Waals surface area contributed by atoms with Crippen molar-refractivity contribution in [1.82, 2.24) is 15.0 Å². The van der Waals surface area contributed by atoms with Crippen LogP contribution in [0.3, 0.4) is 0 Å². The van der Waals surface area contributed by atoms with E-state index in [2.05, 4.69) is 10.3 Å². The molecule has 0 amide bonds. The van der Waals surface area contributed by atoms with Gasteiger partial charge in [0.25, 0.3) is 5.60 Å². The van der Waals surface area contributed by atoms with Crippen LogP contribution in [0.15, 0.2) is 109 Å². The first-order valence-corrected chi connectivity index (χ1v) is 12.8. The lowest BCUT2D eigenvalue weighted by molar-refractivity contribution is -0.278. The summed E-state index contributed by atoms with van der Waals surface area (Å²) in [5.41, 5.74) is -2.39. The smallest absolute Gasteiger partial charge is 0.432 e. The van der Waals surface area contributed by atoms with Gasteiger partial charge in [-0.2, -0.15) is 13.2 Å². The average molecular weight is 562 g/mol. The van der Waals surface area contributed by atoms with Gasteiger partial charge in [-0.15, -0.1) is 5.10 Å². The topological polar surface area (TPSA) is 75.5 Å². The summed E-state index contributed by atoms with van der Waals surface area (Å²) < 4.78 is 61.4. The maximum Gasteiger partial charge on any atom is 0.432 e.